The zero-order valence-corrected chi connectivity index (χ0v) is 14.6. The first-order valence-electron chi connectivity index (χ1n) is 7.98. The maximum absolute atomic E-state index is 13.2. The van der Waals surface area contributed by atoms with Crippen molar-refractivity contribution in [2.24, 2.45) is 0 Å². The van der Waals surface area contributed by atoms with Gasteiger partial charge in [0.15, 0.2) is 0 Å². The zero-order valence-electron chi connectivity index (χ0n) is 13.8. The minimum absolute atomic E-state index is 0.0291. The Morgan fingerprint density at radius 3 is 2.76 bits per heavy atom. The van der Waals surface area contributed by atoms with Crippen molar-refractivity contribution in [3.05, 3.63) is 41.3 Å². The van der Waals surface area contributed by atoms with Gasteiger partial charge in [-0.1, -0.05) is 0 Å². The number of anilines is 1. The summed E-state index contributed by atoms with van der Waals surface area (Å²) in [5.74, 6) is 1.10. The van der Waals surface area contributed by atoms with Gasteiger partial charge in [-0.3, -0.25) is 9.59 Å². The molecule has 0 fully saturated rings. The number of halogens is 1. The molecule has 0 unspecified atom stereocenters. The summed E-state index contributed by atoms with van der Waals surface area (Å²) in [5.41, 5.74) is 2.55. The van der Waals surface area contributed by atoms with E-state index < -0.39 is 5.97 Å². The maximum atomic E-state index is 13.2. The van der Waals surface area contributed by atoms with Crippen LogP contribution in [0.2, 0.25) is 0 Å². The fourth-order valence-corrected chi connectivity index (χ4v) is 3.59. The summed E-state index contributed by atoms with van der Waals surface area (Å²) in [6, 6.07) is 5.92. The normalized spacial score (nSPS) is 12.7. The summed E-state index contributed by atoms with van der Waals surface area (Å²) in [5, 5.41) is 7.38. The summed E-state index contributed by atoms with van der Waals surface area (Å²) >= 11 is 1.72. The largest absolute Gasteiger partial charge is 0.466 e. The van der Waals surface area contributed by atoms with E-state index >= 15 is 0 Å². The fourth-order valence-electron chi connectivity index (χ4n) is 2.55. The lowest BCUT2D eigenvalue weighted by Gasteiger charge is -2.11. The van der Waals surface area contributed by atoms with Crippen molar-refractivity contribution in [2.75, 3.05) is 11.9 Å². The van der Waals surface area contributed by atoms with Crippen molar-refractivity contribution >= 4 is 29.5 Å². The molecule has 6 nitrogen and oxygen atoms in total. The molecule has 2 heterocycles. The molecule has 0 aliphatic carbocycles. The molecule has 1 aromatic carbocycles. The van der Waals surface area contributed by atoms with E-state index in [1.165, 1.54) is 12.1 Å². The summed E-state index contributed by atoms with van der Waals surface area (Å²) in [6.07, 6.45) is 0.0661. The van der Waals surface area contributed by atoms with E-state index in [4.69, 9.17) is 4.74 Å². The van der Waals surface area contributed by atoms with Gasteiger partial charge >= 0.3 is 5.97 Å². The van der Waals surface area contributed by atoms with Crippen LogP contribution in [-0.2, 0) is 25.8 Å². The van der Waals surface area contributed by atoms with Crippen LogP contribution in [0.5, 0.6) is 0 Å². The first-order chi connectivity index (χ1) is 12.1. The predicted octanol–water partition coefficient (Wildman–Crippen LogP) is 3.04. The molecule has 0 saturated carbocycles. The third-order valence-electron chi connectivity index (χ3n) is 3.74. The lowest BCUT2D eigenvalue weighted by atomic mass is 10.2. The highest BCUT2D eigenvalue weighted by Gasteiger charge is 2.24. The number of nitrogens with one attached hydrogen (secondary N) is 1. The molecule has 1 aliphatic heterocycles. The zero-order chi connectivity index (χ0) is 17.8. The number of aromatic nitrogens is 2. The monoisotopic (exact) mass is 363 g/mol. The second kappa shape index (κ2) is 7.69. The van der Waals surface area contributed by atoms with Crippen LogP contribution in [0.3, 0.4) is 0 Å². The number of amides is 1. The number of rotatable bonds is 6. The molecule has 0 spiro atoms. The molecule has 0 atom stereocenters. The van der Waals surface area contributed by atoms with Crippen LogP contribution in [0.15, 0.2) is 24.3 Å². The Balaban J connectivity index is 1.79. The molecular weight excluding hydrogens is 345 g/mol. The summed E-state index contributed by atoms with van der Waals surface area (Å²) in [7, 11) is 0. The number of nitrogens with zero attached hydrogens (tertiary/aromatic N) is 2. The number of hydrogen-bond acceptors (Lipinski definition) is 5. The van der Waals surface area contributed by atoms with E-state index in [0.29, 0.717) is 18.1 Å². The quantitative estimate of drug-likeness (QED) is 0.799. The highest BCUT2D eigenvalue weighted by Crippen LogP contribution is 2.36. The Labute approximate surface area is 148 Å². The van der Waals surface area contributed by atoms with E-state index in [1.807, 2.05) is 0 Å². The third kappa shape index (κ3) is 4.01. The number of ether oxygens (including phenoxy) is 1. The Morgan fingerprint density at radius 2 is 2.04 bits per heavy atom. The van der Waals surface area contributed by atoms with Crippen LogP contribution >= 0.6 is 11.8 Å². The summed E-state index contributed by atoms with van der Waals surface area (Å²) in [4.78, 5) is 23.6. The Bertz CT molecular complexity index is 789. The van der Waals surface area contributed by atoms with Gasteiger partial charge in [-0.25, -0.2) is 9.07 Å². The number of esters is 1. The number of thioether (sulfide) groups is 1. The number of fused-ring (bicyclic) bond motifs is 1. The van der Waals surface area contributed by atoms with Gasteiger partial charge in [0.2, 0.25) is 5.91 Å². The van der Waals surface area contributed by atoms with Gasteiger partial charge in [0, 0.05) is 23.5 Å². The average molecular weight is 363 g/mol. The molecule has 132 valence electrons. The smallest absolute Gasteiger partial charge is 0.306 e. The van der Waals surface area contributed by atoms with Gasteiger partial charge in [0.25, 0.3) is 0 Å². The minimum Gasteiger partial charge on any atom is -0.466 e. The number of carbonyl (C=O) groups excluding carboxylic acids is 2. The lowest BCUT2D eigenvalue weighted by molar-refractivity contribution is -0.144. The highest BCUT2D eigenvalue weighted by molar-refractivity contribution is 7.98. The topological polar surface area (TPSA) is 73.2 Å². The molecule has 3 rings (SSSR count). The molecule has 1 N–H and O–H groups in total. The standard InChI is InChI=1S/C17H18FN3O3S/c1-2-24-16(23)8-7-15(22)19-17-13-9-25-10-14(13)20-21(17)12-5-3-11(18)4-6-12/h3-6H,2,7-10H2,1H3,(H,19,22). The van der Waals surface area contributed by atoms with E-state index in [1.54, 1.807) is 35.5 Å². The molecular formula is C17H18FN3O3S. The summed E-state index contributed by atoms with van der Waals surface area (Å²) in [6.45, 7) is 2.02. The van der Waals surface area contributed by atoms with Gasteiger partial charge in [-0.15, -0.1) is 0 Å². The first-order valence-corrected chi connectivity index (χ1v) is 9.14. The molecule has 0 bridgehead atoms. The Morgan fingerprint density at radius 1 is 1.28 bits per heavy atom. The van der Waals surface area contributed by atoms with Gasteiger partial charge < -0.3 is 10.1 Å². The Hall–Kier alpha value is -2.35. The van der Waals surface area contributed by atoms with Crippen LogP contribution < -0.4 is 5.32 Å². The molecule has 1 aromatic heterocycles. The van der Waals surface area contributed by atoms with Crippen molar-refractivity contribution < 1.29 is 18.7 Å². The average Bonchev–Trinajstić information content (AvgIpc) is 3.17. The second-order valence-corrected chi connectivity index (χ2v) is 6.49. The van der Waals surface area contributed by atoms with Crippen LogP contribution in [0.1, 0.15) is 31.0 Å². The van der Waals surface area contributed by atoms with Crippen molar-refractivity contribution in [1.29, 1.82) is 0 Å². The lowest BCUT2D eigenvalue weighted by Crippen LogP contribution is -2.17. The van der Waals surface area contributed by atoms with Crippen molar-refractivity contribution in [3.8, 4) is 5.69 Å². The molecule has 8 heteroatoms. The maximum Gasteiger partial charge on any atom is 0.306 e. The molecule has 25 heavy (non-hydrogen) atoms. The van der Waals surface area contributed by atoms with Crippen LogP contribution in [0, 0.1) is 5.82 Å². The van der Waals surface area contributed by atoms with Gasteiger partial charge in [0.1, 0.15) is 11.6 Å². The molecule has 0 radical (unpaired) electrons. The van der Waals surface area contributed by atoms with Crippen LogP contribution in [0.4, 0.5) is 10.2 Å². The number of hydrogen-bond donors (Lipinski definition) is 1. The van der Waals surface area contributed by atoms with Gasteiger partial charge in [0.05, 0.1) is 24.4 Å². The fraction of sp³-hybridized carbons (Fsp3) is 0.353. The van der Waals surface area contributed by atoms with Crippen molar-refractivity contribution in [2.45, 2.75) is 31.3 Å². The number of benzene rings is 1. The molecule has 1 amide bonds. The van der Waals surface area contributed by atoms with Crippen molar-refractivity contribution in [3.63, 3.8) is 0 Å². The van der Waals surface area contributed by atoms with Crippen molar-refractivity contribution in [1.82, 2.24) is 9.78 Å². The predicted molar refractivity (Wildman–Crippen MR) is 93.0 cm³/mol. The van der Waals surface area contributed by atoms with E-state index in [9.17, 15) is 14.0 Å². The van der Waals surface area contributed by atoms with Crippen LogP contribution in [0.25, 0.3) is 5.69 Å². The first kappa shape index (κ1) is 17.5. The number of carbonyl (C=O) groups is 2. The van der Waals surface area contributed by atoms with E-state index in [0.717, 1.165) is 22.8 Å². The second-order valence-electron chi connectivity index (χ2n) is 5.51. The highest BCUT2D eigenvalue weighted by atomic mass is 32.2. The SMILES string of the molecule is CCOC(=O)CCC(=O)Nc1c2c(nn1-c1ccc(F)cc1)CSC2. The van der Waals surface area contributed by atoms with Gasteiger partial charge in [-0.05, 0) is 31.2 Å². The molecule has 2 aromatic rings. The molecule has 0 saturated heterocycles. The van der Waals surface area contributed by atoms with E-state index in [-0.39, 0.29) is 24.6 Å². The third-order valence-corrected chi connectivity index (χ3v) is 4.71. The Kier molecular flexibility index (Phi) is 5.37. The van der Waals surface area contributed by atoms with Crippen LogP contribution in [-0.4, -0.2) is 28.3 Å². The van der Waals surface area contributed by atoms with E-state index in [2.05, 4.69) is 10.4 Å². The minimum atomic E-state index is -0.398. The molecule has 1 aliphatic rings. The summed E-state index contributed by atoms with van der Waals surface area (Å²) < 4.78 is 19.6. The van der Waals surface area contributed by atoms with Gasteiger partial charge in [-0.2, -0.15) is 16.9 Å².